The summed E-state index contributed by atoms with van der Waals surface area (Å²) < 4.78 is 4.90. The molecule has 2 atom stereocenters. The first-order valence-corrected chi connectivity index (χ1v) is 10.6. The lowest BCUT2D eigenvalue weighted by molar-refractivity contribution is -0.129. The normalized spacial score (nSPS) is 15.2. The van der Waals surface area contributed by atoms with Crippen LogP contribution in [-0.4, -0.2) is 56.0 Å². The minimum absolute atomic E-state index is 0.0463. The first-order valence-electron chi connectivity index (χ1n) is 10.6. The van der Waals surface area contributed by atoms with Crippen molar-refractivity contribution in [1.82, 2.24) is 16.0 Å². The predicted molar refractivity (Wildman–Crippen MR) is 122 cm³/mol. The largest absolute Gasteiger partial charge is 0.382 e. The van der Waals surface area contributed by atoms with Gasteiger partial charge in [0.1, 0.15) is 6.04 Å². The van der Waals surface area contributed by atoms with Gasteiger partial charge in [0.25, 0.3) is 0 Å². The van der Waals surface area contributed by atoms with Crippen molar-refractivity contribution in [3.05, 3.63) is 35.9 Å². The van der Waals surface area contributed by atoms with Gasteiger partial charge in [0.2, 0.25) is 23.6 Å². The molecule has 32 heavy (non-hydrogen) atoms. The summed E-state index contributed by atoms with van der Waals surface area (Å²) in [5, 5.41) is 8.28. The van der Waals surface area contributed by atoms with Crippen molar-refractivity contribution in [1.29, 1.82) is 0 Å². The number of primary amides is 2. The number of benzene rings is 1. The van der Waals surface area contributed by atoms with Gasteiger partial charge in [0.15, 0.2) is 0 Å². The third kappa shape index (κ3) is 14.9. The summed E-state index contributed by atoms with van der Waals surface area (Å²) in [6.45, 7) is 4.81. The standard InChI is InChI=1S/C13H18N2O3.C5H10N2O.C4H9NO/c1-10(16)15-12(9-18-2)13(17)14-8-11-6-4-3-5-7-11;6-5(8)4-2-1-3-7-4;1-2-3-4(5)6/h3-7,12H,8-9H2,1-2H3,(H,14,17)(H,15,16);4,7H,1-3H2,(H2,6,8);2-3H2,1H3,(H2,5,6). The minimum atomic E-state index is -0.656. The first-order chi connectivity index (χ1) is 15.2. The fourth-order valence-electron chi connectivity index (χ4n) is 2.68. The molecule has 1 aromatic carbocycles. The lowest BCUT2D eigenvalue weighted by atomic mass is 10.2. The Kier molecular flexibility index (Phi) is 16.0. The van der Waals surface area contributed by atoms with Gasteiger partial charge in [0, 0.05) is 27.0 Å². The average Bonchev–Trinajstić information content (AvgIpc) is 3.28. The molecule has 0 spiro atoms. The summed E-state index contributed by atoms with van der Waals surface area (Å²) >= 11 is 0. The summed E-state index contributed by atoms with van der Waals surface area (Å²) in [5.41, 5.74) is 10.8. The van der Waals surface area contributed by atoms with Crippen molar-refractivity contribution in [3.63, 3.8) is 0 Å². The fraction of sp³-hybridized carbons (Fsp3) is 0.545. The number of carbonyl (C=O) groups excluding carboxylic acids is 4. The maximum Gasteiger partial charge on any atom is 0.245 e. The monoisotopic (exact) mass is 451 g/mol. The second-order valence-corrected chi connectivity index (χ2v) is 7.18. The van der Waals surface area contributed by atoms with Crippen molar-refractivity contribution in [2.75, 3.05) is 20.3 Å². The molecule has 1 aliphatic rings. The highest BCUT2D eigenvalue weighted by molar-refractivity contribution is 5.86. The highest BCUT2D eigenvalue weighted by Crippen LogP contribution is 2.02. The van der Waals surface area contributed by atoms with E-state index in [1.165, 1.54) is 14.0 Å². The van der Waals surface area contributed by atoms with Gasteiger partial charge in [-0.1, -0.05) is 37.3 Å². The van der Waals surface area contributed by atoms with E-state index in [1.54, 1.807) is 0 Å². The molecule has 1 aromatic rings. The summed E-state index contributed by atoms with van der Waals surface area (Å²) in [7, 11) is 1.49. The van der Waals surface area contributed by atoms with Gasteiger partial charge >= 0.3 is 0 Å². The molecule has 1 fully saturated rings. The van der Waals surface area contributed by atoms with Crippen LogP contribution in [-0.2, 0) is 30.5 Å². The first kappa shape index (κ1) is 29.0. The van der Waals surface area contributed by atoms with Gasteiger partial charge < -0.3 is 32.2 Å². The van der Waals surface area contributed by atoms with E-state index in [4.69, 9.17) is 16.2 Å². The molecule has 0 radical (unpaired) electrons. The maximum atomic E-state index is 11.8. The lowest BCUT2D eigenvalue weighted by Crippen LogP contribution is -2.48. The molecule has 10 heteroatoms. The molecule has 0 aliphatic carbocycles. The van der Waals surface area contributed by atoms with Crippen LogP contribution in [0.25, 0.3) is 0 Å². The van der Waals surface area contributed by atoms with Gasteiger partial charge in [-0.3, -0.25) is 19.2 Å². The summed E-state index contributed by atoms with van der Waals surface area (Å²) in [4.78, 5) is 43.0. The zero-order valence-electron chi connectivity index (χ0n) is 19.2. The van der Waals surface area contributed by atoms with E-state index in [9.17, 15) is 19.2 Å². The van der Waals surface area contributed by atoms with Crippen molar-refractivity contribution >= 4 is 23.6 Å². The van der Waals surface area contributed by atoms with Crippen molar-refractivity contribution < 1.29 is 23.9 Å². The number of carbonyl (C=O) groups is 4. The van der Waals surface area contributed by atoms with Crippen LogP contribution < -0.4 is 27.4 Å². The third-order valence-corrected chi connectivity index (χ3v) is 4.24. The topological polar surface area (TPSA) is 166 Å². The van der Waals surface area contributed by atoms with E-state index < -0.39 is 6.04 Å². The second kappa shape index (κ2) is 17.7. The van der Waals surface area contributed by atoms with Crippen LogP contribution in [0.15, 0.2) is 30.3 Å². The zero-order chi connectivity index (χ0) is 24.4. The van der Waals surface area contributed by atoms with Crippen LogP contribution in [0.3, 0.4) is 0 Å². The van der Waals surface area contributed by atoms with E-state index in [0.717, 1.165) is 31.4 Å². The average molecular weight is 452 g/mol. The molecular weight excluding hydrogens is 414 g/mol. The highest BCUT2D eigenvalue weighted by Gasteiger charge is 2.19. The molecule has 2 rings (SSSR count). The molecule has 1 saturated heterocycles. The van der Waals surface area contributed by atoms with Gasteiger partial charge in [0.05, 0.1) is 12.6 Å². The second-order valence-electron chi connectivity index (χ2n) is 7.18. The van der Waals surface area contributed by atoms with Gasteiger partial charge in [-0.2, -0.15) is 0 Å². The van der Waals surface area contributed by atoms with E-state index in [2.05, 4.69) is 16.0 Å². The Hall–Kier alpha value is -2.98. The Morgan fingerprint density at radius 2 is 1.84 bits per heavy atom. The quantitative estimate of drug-likeness (QED) is 0.353. The number of hydrogen-bond acceptors (Lipinski definition) is 6. The number of rotatable bonds is 9. The molecule has 1 heterocycles. The molecule has 10 nitrogen and oxygen atoms in total. The van der Waals surface area contributed by atoms with Crippen molar-refractivity contribution in [3.8, 4) is 0 Å². The molecule has 7 N–H and O–H groups in total. The van der Waals surface area contributed by atoms with Crippen molar-refractivity contribution in [2.45, 2.75) is 58.2 Å². The van der Waals surface area contributed by atoms with E-state index in [0.29, 0.717) is 13.0 Å². The Morgan fingerprint density at radius 1 is 1.19 bits per heavy atom. The fourth-order valence-corrected chi connectivity index (χ4v) is 2.68. The summed E-state index contributed by atoms with van der Waals surface area (Å²) in [6.07, 6.45) is 3.36. The smallest absolute Gasteiger partial charge is 0.245 e. The Labute approximate surface area is 189 Å². The molecular formula is C22H37N5O5. The van der Waals surface area contributed by atoms with Gasteiger partial charge in [-0.05, 0) is 31.4 Å². The Bertz CT molecular complexity index is 693. The molecule has 0 saturated carbocycles. The predicted octanol–water partition coefficient (Wildman–Crippen LogP) is -0.0506. The Morgan fingerprint density at radius 3 is 2.22 bits per heavy atom. The zero-order valence-corrected chi connectivity index (χ0v) is 19.2. The third-order valence-electron chi connectivity index (χ3n) is 4.24. The van der Waals surface area contributed by atoms with E-state index in [1.807, 2.05) is 37.3 Å². The van der Waals surface area contributed by atoms with Crippen molar-refractivity contribution in [2.24, 2.45) is 11.5 Å². The van der Waals surface area contributed by atoms with Crippen LogP contribution in [0.4, 0.5) is 0 Å². The van der Waals surface area contributed by atoms with Gasteiger partial charge in [-0.15, -0.1) is 0 Å². The highest BCUT2D eigenvalue weighted by atomic mass is 16.5. The van der Waals surface area contributed by atoms with Crippen LogP contribution in [0, 0.1) is 0 Å². The van der Waals surface area contributed by atoms with E-state index >= 15 is 0 Å². The number of amides is 4. The minimum Gasteiger partial charge on any atom is -0.382 e. The molecule has 0 bridgehead atoms. The number of methoxy groups -OCH3 is 1. The number of hydrogen-bond donors (Lipinski definition) is 5. The van der Waals surface area contributed by atoms with E-state index in [-0.39, 0.29) is 36.3 Å². The number of nitrogens with one attached hydrogen (secondary N) is 3. The molecule has 2 unspecified atom stereocenters. The summed E-state index contributed by atoms with van der Waals surface area (Å²) in [5.74, 6) is -0.942. The lowest BCUT2D eigenvalue weighted by Gasteiger charge is -2.16. The van der Waals surface area contributed by atoms with Crippen LogP contribution >= 0.6 is 0 Å². The maximum absolute atomic E-state index is 11.8. The van der Waals surface area contributed by atoms with Gasteiger partial charge in [-0.25, -0.2) is 0 Å². The SMILES string of the molecule is CCCC(N)=O.COCC(NC(C)=O)C(=O)NCc1ccccc1.NC(=O)C1CCCN1. The van der Waals surface area contributed by atoms with Crippen LogP contribution in [0.1, 0.15) is 45.1 Å². The molecule has 0 aromatic heterocycles. The summed E-state index contributed by atoms with van der Waals surface area (Å²) in [6, 6.07) is 8.86. The number of nitrogens with two attached hydrogens (primary N) is 2. The molecule has 4 amide bonds. The molecule has 180 valence electrons. The van der Waals surface area contributed by atoms with Crippen LogP contribution in [0.5, 0.6) is 0 Å². The van der Waals surface area contributed by atoms with Crippen LogP contribution in [0.2, 0.25) is 0 Å². The Balaban J connectivity index is 0.000000562. The molecule has 1 aliphatic heterocycles. The number of ether oxygens (including phenoxy) is 1.